The molecule has 0 unspecified atom stereocenters. The zero-order chi connectivity index (χ0) is 14.5. The zero-order valence-electron chi connectivity index (χ0n) is 11.8. The van der Waals surface area contributed by atoms with Crippen molar-refractivity contribution in [3.63, 3.8) is 0 Å². The van der Waals surface area contributed by atoms with Crippen LogP contribution in [0.15, 0.2) is 24.3 Å². The Labute approximate surface area is 119 Å². The van der Waals surface area contributed by atoms with E-state index in [0.29, 0.717) is 12.8 Å². The predicted octanol–water partition coefficient (Wildman–Crippen LogP) is 2.62. The number of benzene rings is 1. The third-order valence-electron chi connectivity index (χ3n) is 4.05. The number of aliphatic carboxylic acids is 1. The lowest BCUT2D eigenvalue weighted by atomic mass is 9.86. The third-order valence-corrected chi connectivity index (χ3v) is 4.05. The van der Waals surface area contributed by atoms with Crippen molar-refractivity contribution in [1.82, 2.24) is 5.32 Å². The van der Waals surface area contributed by atoms with Crippen molar-refractivity contribution in [3.8, 4) is 0 Å². The van der Waals surface area contributed by atoms with Crippen molar-refractivity contribution in [2.24, 2.45) is 5.92 Å². The molecule has 1 aliphatic carbocycles. The molecule has 0 saturated heterocycles. The van der Waals surface area contributed by atoms with Gasteiger partial charge in [0.25, 0.3) is 5.91 Å². The maximum Gasteiger partial charge on any atom is 0.306 e. The molecule has 1 fully saturated rings. The SMILES string of the molecule is CCc1ccccc1C(=O)NC1CCC(C(=O)O)CC1. The largest absolute Gasteiger partial charge is 0.481 e. The molecule has 0 bridgehead atoms. The first-order valence-electron chi connectivity index (χ1n) is 7.23. The number of carboxylic acid groups (broad SMARTS) is 1. The fourth-order valence-corrected chi connectivity index (χ4v) is 2.80. The molecule has 0 heterocycles. The second-order valence-electron chi connectivity index (χ2n) is 5.37. The minimum absolute atomic E-state index is 0.0405. The van der Waals surface area contributed by atoms with E-state index in [1.165, 1.54) is 0 Å². The van der Waals surface area contributed by atoms with Crippen molar-refractivity contribution in [2.75, 3.05) is 0 Å². The van der Waals surface area contributed by atoms with Crippen LogP contribution in [0.3, 0.4) is 0 Å². The number of nitrogens with one attached hydrogen (secondary N) is 1. The second kappa shape index (κ2) is 6.55. The van der Waals surface area contributed by atoms with Crippen LogP contribution in [-0.2, 0) is 11.2 Å². The molecular formula is C16H21NO3. The van der Waals surface area contributed by atoms with Crippen LogP contribution in [-0.4, -0.2) is 23.0 Å². The predicted molar refractivity (Wildman–Crippen MR) is 76.7 cm³/mol. The van der Waals surface area contributed by atoms with Gasteiger partial charge in [0.1, 0.15) is 0 Å². The molecule has 1 aromatic carbocycles. The summed E-state index contributed by atoms with van der Waals surface area (Å²) in [6, 6.07) is 7.72. The monoisotopic (exact) mass is 275 g/mol. The van der Waals surface area contributed by atoms with Gasteiger partial charge in [0.05, 0.1) is 5.92 Å². The highest BCUT2D eigenvalue weighted by molar-refractivity contribution is 5.95. The Hall–Kier alpha value is -1.84. The highest BCUT2D eigenvalue weighted by atomic mass is 16.4. The lowest BCUT2D eigenvalue weighted by Crippen LogP contribution is -2.39. The summed E-state index contributed by atoms with van der Waals surface area (Å²) in [5.74, 6) is -1.00. The van der Waals surface area contributed by atoms with E-state index in [-0.39, 0.29) is 17.9 Å². The normalized spacial score (nSPS) is 22.2. The molecule has 0 atom stereocenters. The van der Waals surface area contributed by atoms with Crippen LogP contribution in [0.4, 0.5) is 0 Å². The summed E-state index contributed by atoms with van der Waals surface area (Å²) in [5.41, 5.74) is 1.78. The van der Waals surface area contributed by atoms with Gasteiger partial charge < -0.3 is 10.4 Å². The van der Waals surface area contributed by atoms with Crippen molar-refractivity contribution < 1.29 is 14.7 Å². The first-order chi connectivity index (χ1) is 9.61. The van der Waals surface area contributed by atoms with Gasteiger partial charge in [-0.2, -0.15) is 0 Å². The summed E-state index contributed by atoms with van der Waals surface area (Å²) < 4.78 is 0. The number of carbonyl (C=O) groups is 2. The highest BCUT2D eigenvalue weighted by Gasteiger charge is 2.27. The molecule has 1 amide bonds. The fourth-order valence-electron chi connectivity index (χ4n) is 2.80. The second-order valence-corrected chi connectivity index (χ2v) is 5.37. The molecule has 4 heteroatoms. The Kier molecular flexibility index (Phi) is 4.77. The number of amides is 1. The number of hydrogen-bond acceptors (Lipinski definition) is 2. The summed E-state index contributed by atoms with van der Waals surface area (Å²) >= 11 is 0. The topological polar surface area (TPSA) is 66.4 Å². The quantitative estimate of drug-likeness (QED) is 0.887. The van der Waals surface area contributed by atoms with E-state index in [0.717, 1.165) is 30.4 Å². The van der Waals surface area contributed by atoms with Gasteiger partial charge in [-0.3, -0.25) is 9.59 Å². The van der Waals surface area contributed by atoms with Crippen molar-refractivity contribution in [2.45, 2.75) is 45.1 Å². The van der Waals surface area contributed by atoms with Crippen molar-refractivity contribution in [3.05, 3.63) is 35.4 Å². The van der Waals surface area contributed by atoms with Crippen LogP contribution in [0.5, 0.6) is 0 Å². The number of carboxylic acids is 1. The van der Waals surface area contributed by atoms with Gasteiger partial charge in [0.15, 0.2) is 0 Å². The van der Waals surface area contributed by atoms with Crippen LogP contribution in [0.2, 0.25) is 0 Å². The van der Waals surface area contributed by atoms with Gasteiger partial charge in [-0.25, -0.2) is 0 Å². The lowest BCUT2D eigenvalue weighted by Gasteiger charge is -2.27. The van der Waals surface area contributed by atoms with Crippen LogP contribution < -0.4 is 5.32 Å². The van der Waals surface area contributed by atoms with Gasteiger partial charge in [-0.1, -0.05) is 25.1 Å². The first kappa shape index (κ1) is 14.6. The fraction of sp³-hybridized carbons (Fsp3) is 0.500. The summed E-state index contributed by atoms with van der Waals surface area (Å²) in [6.07, 6.45) is 3.62. The lowest BCUT2D eigenvalue weighted by molar-refractivity contribution is -0.142. The Morgan fingerprint density at radius 2 is 1.85 bits per heavy atom. The minimum atomic E-state index is -0.717. The standard InChI is InChI=1S/C16H21NO3/c1-2-11-5-3-4-6-14(11)15(18)17-13-9-7-12(8-10-13)16(19)20/h3-6,12-13H,2,7-10H2,1H3,(H,17,18)(H,19,20). The smallest absolute Gasteiger partial charge is 0.306 e. The molecule has 1 aliphatic rings. The highest BCUT2D eigenvalue weighted by Crippen LogP contribution is 2.24. The Morgan fingerprint density at radius 3 is 2.45 bits per heavy atom. The van der Waals surface area contributed by atoms with E-state index >= 15 is 0 Å². The summed E-state index contributed by atoms with van der Waals surface area (Å²) in [6.45, 7) is 2.03. The Bertz CT molecular complexity index is 490. The molecular weight excluding hydrogens is 254 g/mol. The third kappa shape index (κ3) is 3.38. The maximum absolute atomic E-state index is 12.3. The molecule has 0 spiro atoms. The Balaban J connectivity index is 1.94. The van der Waals surface area contributed by atoms with Gasteiger partial charge >= 0.3 is 5.97 Å². The average Bonchev–Trinajstić information content (AvgIpc) is 2.47. The molecule has 0 aliphatic heterocycles. The first-order valence-corrected chi connectivity index (χ1v) is 7.23. The zero-order valence-corrected chi connectivity index (χ0v) is 11.8. The van der Waals surface area contributed by atoms with E-state index in [4.69, 9.17) is 5.11 Å². The van der Waals surface area contributed by atoms with E-state index < -0.39 is 5.97 Å². The van der Waals surface area contributed by atoms with E-state index in [1.54, 1.807) is 0 Å². The molecule has 20 heavy (non-hydrogen) atoms. The Morgan fingerprint density at radius 1 is 1.20 bits per heavy atom. The van der Waals surface area contributed by atoms with E-state index in [9.17, 15) is 9.59 Å². The van der Waals surface area contributed by atoms with Crippen LogP contribution >= 0.6 is 0 Å². The minimum Gasteiger partial charge on any atom is -0.481 e. The number of hydrogen-bond donors (Lipinski definition) is 2. The van der Waals surface area contributed by atoms with Gasteiger partial charge in [0.2, 0.25) is 0 Å². The van der Waals surface area contributed by atoms with E-state index in [2.05, 4.69) is 5.32 Å². The van der Waals surface area contributed by atoms with Crippen LogP contribution in [0.25, 0.3) is 0 Å². The number of aryl methyl sites for hydroxylation is 1. The van der Waals surface area contributed by atoms with Crippen LogP contribution in [0.1, 0.15) is 48.5 Å². The average molecular weight is 275 g/mol. The van der Waals surface area contributed by atoms with Gasteiger partial charge in [-0.15, -0.1) is 0 Å². The molecule has 2 N–H and O–H groups in total. The maximum atomic E-state index is 12.3. The molecule has 108 valence electrons. The van der Waals surface area contributed by atoms with Gasteiger partial charge in [-0.05, 0) is 43.7 Å². The van der Waals surface area contributed by atoms with Crippen molar-refractivity contribution in [1.29, 1.82) is 0 Å². The van der Waals surface area contributed by atoms with Crippen LogP contribution in [0, 0.1) is 5.92 Å². The molecule has 2 rings (SSSR count). The molecule has 4 nitrogen and oxygen atoms in total. The molecule has 0 radical (unpaired) electrons. The molecule has 0 aromatic heterocycles. The summed E-state index contributed by atoms with van der Waals surface area (Å²) in [5, 5.41) is 12.0. The van der Waals surface area contributed by atoms with E-state index in [1.807, 2.05) is 31.2 Å². The number of rotatable bonds is 4. The summed E-state index contributed by atoms with van der Waals surface area (Å²) in [4.78, 5) is 23.2. The number of carbonyl (C=O) groups excluding carboxylic acids is 1. The molecule has 1 aromatic rings. The van der Waals surface area contributed by atoms with Crippen molar-refractivity contribution >= 4 is 11.9 Å². The van der Waals surface area contributed by atoms with Gasteiger partial charge in [0, 0.05) is 11.6 Å². The molecule has 1 saturated carbocycles. The summed E-state index contributed by atoms with van der Waals surface area (Å²) in [7, 11) is 0.